The van der Waals surface area contributed by atoms with E-state index in [-0.39, 0.29) is 41.7 Å². The van der Waals surface area contributed by atoms with E-state index < -0.39 is 67.1 Å². The van der Waals surface area contributed by atoms with Gasteiger partial charge in [0.2, 0.25) is 5.67 Å². The molecular formula is C26H25F5N2O4S. The summed E-state index contributed by atoms with van der Waals surface area (Å²) < 4.78 is 95.8. The highest BCUT2D eigenvalue weighted by molar-refractivity contribution is 7.92. The molecule has 0 bridgehead atoms. The predicted octanol–water partition coefficient (Wildman–Crippen LogP) is 4.81. The first-order valence-corrected chi connectivity index (χ1v) is 13.6. The molecule has 2 aromatic rings. The van der Waals surface area contributed by atoms with E-state index in [1.807, 2.05) is 0 Å². The lowest BCUT2D eigenvalue weighted by molar-refractivity contribution is -0.228. The number of urea groups is 1. The Morgan fingerprint density at radius 3 is 2.21 bits per heavy atom. The first-order valence-electron chi connectivity index (χ1n) is 12.1. The first kappa shape index (κ1) is 26.6. The molecule has 1 heterocycles. The lowest BCUT2D eigenvalue weighted by Gasteiger charge is -2.45. The number of aryl methyl sites for hydroxylation is 1. The van der Waals surface area contributed by atoms with Crippen LogP contribution in [0.5, 0.6) is 0 Å². The third-order valence-electron chi connectivity index (χ3n) is 8.69. The van der Waals surface area contributed by atoms with Crippen LogP contribution in [0.2, 0.25) is 0 Å². The van der Waals surface area contributed by atoms with Gasteiger partial charge < -0.3 is 5.32 Å². The minimum Gasteiger partial charge on any atom is -0.323 e. The Morgan fingerprint density at radius 1 is 0.974 bits per heavy atom. The molecule has 2 aromatic carbocycles. The zero-order chi connectivity index (χ0) is 27.9. The van der Waals surface area contributed by atoms with Gasteiger partial charge in [-0.2, -0.15) is 13.2 Å². The number of carbonyl (C=O) groups excluding carboxylic acids is 2. The Bertz CT molecular complexity index is 1440. The molecule has 3 aliphatic rings. The van der Waals surface area contributed by atoms with Gasteiger partial charge >= 0.3 is 12.2 Å². The zero-order valence-corrected chi connectivity index (χ0v) is 21.3. The number of nitrogens with one attached hydrogen (secondary N) is 2. The lowest BCUT2D eigenvalue weighted by atomic mass is 9.68. The van der Waals surface area contributed by atoms with Gasteiger partial charge in [-0.05, 0) is 92.3 Å². The minimum absolute atomic E-state index is 0.000700. The van der Waals surface area contributed by atoms with Crippen molar-refractivity contribution in [3.05, 3.63) is 65.0 Å². The van der Waals surface area contributed by atoms with Crippen molar-refractivity contribution in [3.63, 3.8) is 0 Å². The van der Waals surface area contributed by atoms with Gasteiger partial charge in [0.05, 0.1) is 4.90 Å². The second-order valence-electron chi connectivity index (χ2n) is 10.6. The fourth-order valence-electron chi connectivity index (χ4n) is 6.64. The second-order valence-corrected chi connectivity index (χ2v) is 12.8. The van der Waals surface area contributed by atoms with Gasteiger partial charge in [-0.15, -0.1) is 0 Å². The van der Waals surface area contributed by atoms with Crippen LogP contribution in [0.3, 0.4) is 0 Å². The van der Waals surface area contributed by atoms with E-state index >= 15 is 0 Å². The van der Waals surface area contributed by atoms with Gasteiger partial charge in [-0.25, -0.2) is 22.0 Å². The topological polar surface area (TPSA) is 92.3 Å². The summed E-state index contributed by atoms with van der Waals surface area (Å²) in [5.41, 5.74) is -5.20. The highest BCUT2D eigenvalue weighted by Crippen LogP contribution is 2.61. The van der Waals surface area contributed by atoms with E-state index in [4.69, 9.17) is 0 Å². The molecule has 38 heavy (non-hydrogen) atoms. The SMILES string of the molecule is CC1([C@@H]2CC[C@@]3(S(=O)(=O)c4ccc(F)cc4)c4ccc(C(C)(F)C(F)(F)F)cc4CC[C@@H]23)NC(=O)NC1=O. The fourth-order valence-corrected chi connectivity index (χ4v) is 9.11. The summed E-state index contributed by atoms with van der Waals surface area (Å²) in [6, 6.07) is 6.81. The van der Waals surface area contributed by atoms with E-state index in [0.717, 1.165) is 36.4 Å². The standard InChI is InChI=1S/C26H25F5N2O4S/c1-23(21(34)32-22(35)33-23)19-11-12-25(38(36,37)17-7-5-16(27)6-8-17)18-10-4-15(24(2,28)26(29,30)31)13-14(18)3-9-20(19)25/h4-8,10,13,19-20H,3,9,11-12H2,1-2H3,(H2,32,33,34,35)/t19-,20+,23?,24?,25-/m1/s1. The van der Waals surface area contributed by atoms with Gasteiger partial charge in [0.1, 0.15) is 16.1 Å². The number of hydrogen-bond acceptors (Lipinski definition) is 4. The maximum absolute atomic E-state index is 14.8. The van der Waals surface area contributed by atoms with Crippen LogP contribution in [0.1, 0.15) is 49.8 Å². The number of sulfone groups is 1. The van der Waals surface area contributed by atoms with Crippen LogP contribution in [0.15, 0.2) is 47.4 Å². The number of benzene rings is 2. The number of hydrogen-bond donors (Lipinski definition) is 2. The number of halogens is 5. The van der Waals surface area contributed by atoms with Crippen molar-refractivity contribution in [1.29, 1.82) is 0 Å². The number of fused-ring (bicyclic) bond motifs is 3. The van der Waals surface area contributed by atoms with Crippen molar-refractivity contribution >= 4 is 21.8 Å². The van der Waals surface area contributed by atoms with Gasteiger partial charge in [0, 0.05) is 0 Å². The van der Waals surface area contributed by atoms with Crippen molar-refractivity contribution in [3.8, 4) is 0 Å². The van der Waals surface area contributed by atoms with Crippen LogP contribution in [0.4, 0.5) is 26.7 Å². The molecule has 2 aliphatic carbocycles. The first-order chi connectivity index (χ1) is 17.6. The molecule has 2 N–H and O–H groups in total. The van der Waals surface area contributed by atoms with E-state index in [2.05, 4.69) is 10.6 Å². The number of carbonyl (C=O) groups is 2. The summed E-state index contributed by atoms with van der Waals surface area (Å²) in [6.07, 6.45) is -4.67. The summed E-state index contributed by atoms with van der Waals surface area (Å²) >= 11 is 0. The Hall–Kier alpha value is -3.02. The number of alkyl halides is 4. The molecule has 6 nitrogen and oxygen atoms in total. The number of imide groups is 1. The molecule has 5 atom stereocenters. The molecule has 1 saturated carbocycles. The molecule has 12 heteroatoms. The third kappa shape index (κ3) is 3.51. The summed E-state index contributed by atoms with van der Waals surface area (Å²) in [5, 5.41) is 4.82. The summed E-state index contributed by atoms with van der Waals surface area (Å²) in [4.78, 5) is 24.6. The van der Waals surface area contributed by atoms with Crippen LogP contribution in [0, 0.1) is 17.7 Å². The van der Waals surface area contributed by atoms with Gasteiger partial charge in [-0.1, -0.05) is 18.2 Å². The maximum atomic E-state index is 14.8. The van der Waals surface area contributed by atoms with Crippen LogP contribution >= 0.6 is 0 Å². The highest BCUT2D eigenvalue weighted by atomic mass is 32.2. The van der Waals surface area contributed by atoms with Gasteiger partial charge in [0.25, 0.3) is 5.91 Å². The number of amides is 3. The summed E-state index contributed by atoms with van der Waals surface area (Å²) in [5.74, 6) is -2.59. The summed E-state index contributed by atoms with van der Waals surface area (Å²) in [6.45, 7) is 1.94. The monoisotopic (exact) mass is 556 g/mol. The largest absolute Gasteiger partial charge is 0.426 e. The Labute approximate surface area is 215 Å². The lowest BCUT2D eigenvalue weighted by Crippen LogP contribution is -2.55. The van der Waals surface area contributed by atoms with Crippen molar-refractivity contribution in [2.75, 3.05) is 0 Å². The molecule has 0 aromatic heterocycles. The molecule has 2 unspecified atom stereocenters. The van der Waals surface area contributed by atoms with E-state index in [1.165, 1.54) is 13.0 Å². The van der Waals surface area contributed by atoms with E-state index in [9.17, 15) is 40.0 Å². The predicted molar refractivity (Wildman–Crippen MR) is 126 cm³/mol. The number of rotatable bonds is 4. The zero-order valence-electron chi connectivity index (χ0n) is 20.5. The van der Waals surface area contributed by atoms with Crippen LogP contribution in [0.25, 0.3) is 0 Å². The molecule has 3 amide bonds. The van der Waals surface area contributed by atoms with Crippen molar-refractivity contribution in [1.82, 2.24) is 10.6 Å². The van der Waals surface area contributed by atoms with Crippen molar-refractivity contribution in [2.45, 2.75) is 66.6 Å². The van der Waals surface area contributed by atoms with Crippen molar-refractivity contribution in [2.24, 2.45) is 11.8 Å². The summed E-state index contributed by atoms with van der Waals surface area (Å²) in [7, 11) is -4.31. The minimum atomic E-state index is -5.18. The molecule has 1 aliphatic heterocycles. The molecule has 0 spiro atoms. The van der Waals surface area contributed by atoms with E-state index in [0.29, 0.717) is 6.92 Å². The maximum Gasteiger partial charge on any atom is 0.426 e. The normalized spacial score (nSPS) is 30.7. The van der Waals surface area contributed by atoms with Gasteiger partial charge in [0.15, 0.2) is 9.84 Å². The molecule has 0 radical (unpaired) electrons. The van der Waals surface area contributed by atoms with Crippen LogP contribution < -0.4 is 10.6 Å². The average molecular weight is 557 g/mol. The van der Waals surface area contributed by atoms with Gasteiger partial charge in [-0.3, -0.25) is 10.1 Å². The Kier molecular flexibility index (Phi) is 5.76. The molecule has 1 saturated heterocycles. The van der Waals surface area contributed by atoms with E-state index in [1.54, 1.807) is 0 Å². The molecule has 2 fully saturated rings. The average Bonchev–Trinajstić information content (AvgIpc) is 3.36. The van der Waals surface area contributed by atoms with Crippen LogP contribution in [-0.4, -0.2) is 32.1 Å². The highest BCUT2D eigenvalue weighted by Gasteiger charge is 2.66. The third-order valence-corrected chi connectivity index (χ3v) is 11.3. The molecular weight excluding hydrogens is 531 g/mol. The second kappa shape index (κ2) is 8.24. The Balaban J connectivity index is 1.71. The van der Waals surface area contributed by atoms with Crippen molar-refractivity contribution < 1.29 is 40.0 Å². The molecule has 204 valence electrons. The Morgan fingerprint density at radius 2 is 1.63 bits per heavy atom. The molecule has 5 rings (SSSR count). The fraction of sp³-hybridized carbons (Fsp3) is 0.462. The quantitative estimate of drug-likeness (QED) is 0.321. The smallest absolute Gasteiger partial charge is 0.323 e. The van der Waals surface area contributed by atoms with Crippen LogP contribution in [-0.2, 0) is 31.5 Å².